The molecule has 18 heavy (non-hydrogen) atoms. The molecular weight excluding hydrogens is 276 g/mol. The van der Waals surface area contributed by atoms with E-state index in [1.807, 2.05) is 0 Å². The highest BCUT2D eigenvalue weighted by atomic mass is 35.5. The van der Waals surface area contributed by atoms with Crippen LogP contribution in [0.3, 0.4) is 0 Å². The van der Waals surface area contributed by atoms with Gasteiger partial charge < -0.3 is 11.1 Å². The van der Waals surface area contributed by atoms with Gasteiger partial charge in [0.1, 0.15) is 0 Å². The van der Waals surface area contributed by atoms with Gasteiger partial charge in [-0.3, -0.25) is 4.79 Å². The highest BCUT2D eigenvalue weighted by Gasteiger charge is 2.29. The van der Waals surface area contributed by atoms with Gasteiger partial charge in [0.05, 0.1) is 22.1 Å². The summed E-state index contributed by atoms with van der Waals surface area (Å²) in [4.78, 5) is 11.9. The van der Waals surface area contributed by atoms with Gasteiger partial charge in [-0.2, -0.15) is 0 Å². The number of hydrogen-bond acceptors (Lipinski definition) is 4. The molecule has 2 rings (SSSR count). The quantitative estimate of drug-likeness (QED) is 0.789. The molecule has 1 fully saturated rings. The van der Waals surface area contributed by atoms with Crippen LogP contribution in [0.4, 0.5) is 5.69 Å². The number of rotatable bonds is 2. The second-order valence-electron chi connectivity index (χ2n) is 4.31. The summed E-state index contributed by atoms with van der Waals surface area (Å²) in [5, 5.41) is 2.93. The second kappa shape index (κ2) is 4.78. The molecule has 1 atom stereocenters. The minimum Gasteiger partial charge on any atom is -0.399 e. The average molecular weight is 289 g/mol. The molecular formula is C11H13ClN2O3S. The minimum atomic E-state index is -3.01. The number of hydrogen-bond donors (Lipinski definition) is 2. The molecule has 0 aliphatic carbocycles. The lowest BCUT2D eigenvalue weighted by Gasteiger charge is -2.11. The average Bonchev–Trinajstić information content (AvgIpc) is 2.57. The Morgan fingerprint density at radius 3 is 2.72 bits per heavy atom. The molecule has 1 amide bonds. The van der Waals surface area contributed by atoms with Crippen LogP contribution in [-0.2, 0) is 9.84 Å². The Kier molecular flexibility index (Phi) is 3.49. The SMILES string of the molecule is Nc1ccc(C(=O)NC2CCS(=O)(=O)C2)c(Cl)c1. The monoisotopic (exact) mass is 288 g/mol. The second-order valence-corrected chi connectivity index (χ2v) is 6.95. The maximum atomic E-state index is 11.9. The Labute approximate surface area is 110 Å². The van der Waals surface area contributed by atoms with Crippen molar-refractivity contribution >= 4 is 33.0 Å². The van der Waals surface area contributed by atoms with Crippen LogP contribution in [0.15, 0.2) is 18.2 Å². The van der Waals surface area contributed by atoms with Gasteiger partial charge in [-0.25, -0.2) is 8.42 Å². The van der Waals surface area contributed by atoms with Crippen molar-refractivity contribution < 1.29 is 13.2 Å². The lowest BCUT2D eigenvalue weighted by atomic mass is 10.1. The maximum Gasteiger partial charge on any atom is 0.253 e. The molecule has 0 bridgehead atoms. The lowest BCUT2D eigenvalue weighted by molar-refractivity contribution is 0.0941. The number of benzene rings is 1. The van der Waals surface area contributed by atoms with Gasteiger partial charge in [0.15, 0.2) is 9.84 Å². The van der Waals surface area contributed by atoms with E-state index < -0.39 is 9.84 Å². The van der Waals surface area contributed by atoms with E-state index >= 15 is 0 Å². The molecule has 0 saturated carbocycles. The van der Waals surface area contributed by atoms with E-state index in [1.54, 1.807) is 6.07 Å². The highest BCUT2D eigenvalue weighted by molar-refractivity contribution is 7.91. The van der Waals surface area contributed by atoms with Gasteiger partial charge in [0, 0.05) is 11.7 Å². The van der Waals surface area contributed by atoms with Crippen LogP contribution in [0.1, 0.15) is 16.8 Å². The zero-order chi connectivity index (χ0) is 13.3. The fraction of sp³-hybridized carbons (Fsp3) is 0.364. The molecule has 3 N–H and O–H groups in total. The molecule has 1 aliphatic heterocycles. The Hall–Kier alpha value is -1.27. The van der Waals surface area contributed by atoms with Crippen molar-refractivity contribution in [3.8, 4) is 0 Å². The van der Waals surface area contributed by atoms with E-state index in [0.717, 1.165) is 0 Å². The smallest absolute Gasteiger partial charge is 0.253 e. The van der Waals surface area contributed by atoms with Gasteiger partial charge in [-0.1, -0.05) is 11.6 Å². The Bertz CT molecular complexity index is 586. The van der Waals surface area contributed by atoms with E-state index in [-0.39, 0.29) is 28.5 Å². The summed E-state index contributed by atoms with van der Waals surface area (Å²) in [6.45, 7) is 0. The molecule has 0 spiro atoms. The number of nitrogens with two attached hydrogens (primary N) is 1. The number of carbonyl (C=O) groups excluding carboxylic acids is 1. The molecule has 1 aromatic rings. The molecule has 5 nitrogen and oxygen atoms in total. The summed E-state index contributed by atoms with van der Waals surface area (Å²) < 4.78 is 22.6. The van der Waals surface area contributed by atoms with Crippen molar-refractivity contribution in [2.75, 3.05) is 17.2 Å². The molecule has 1 aliphatic rings. The highest BCUT2D eigenvalue weighted by Crippen LogP contribution is 2.20. The number of sulfone groups is 1. The summed E-state index contributed by atoms with van der Waals surface area (Å²) in [6, 6.07) is 4.25. The molecule has 1 heterocycles. The third kappa shape index (κ3) is 2.94. The fourth-order valence-electron chi connectivity index (χ4n) is 1.89. The van der Waals surface area contributed by atoms with Gasteiger partial charge in [-0.05, 0) is 24.6 Å². The summed E-state index contributed by atoms with van der Waals surface area (Å²) in [5.74, 6) is -0.263. The fourth-order valence-corrected chi connectivity index (χ4v) is 3.84. The van der Waals surface area contributed by atoms with Crippen LogP contribution in [0.2, 0.25) is 5.02 Å². The molecule has 98 valence electrons. The van der Waals surface area contributed by atoms with E-state index in [9.17, 15) is 13.2 Å². The van der Waals surface area contributed by atoms with E-state index in [4.69, 9.17) is 17.3 Å². The van der Waals surface area contributed by atoms with Crippen molar-refractivity contribution in [1.82, 2.24) is 5.32 Å². The first-order chi connectivity index (χ1) is 8.37. The first-order valence-electron chi connectivity index (χ1n) is 5.44. The number of nitrogens with one attached hydrogen (secondary N) is 1. The molecule has 0 radical (unpaired) electrons. The predicted molar refractivity (Wildman–Crippen MR) is 70.4 cm³/mol. The lowest BCUT2D eigenvalue weighted by Crippen LogP contribution is -2.35. The Morgan fingerprint density at radius 1 is 1.44 bits per heavy atom. The summed E-state index contributed by atoms with van der Waals surface area (Å²) in [7, 11) is -3.01. The van der Waals surface area contributed by atoms with E-state index in [0.29, 0.717) is 17.7 Å². The minimum absolute atomic E-state index is 0.00860. The van der Waals surface area contributed by atoms with Crippen molar-refractivity contribution in [1.29, 1.82) is 0 Å². The summed E-state index contributed by atoms with van der Waals surface area (Å²) in [5.41, 5.74) is 6.30. The number of carbonyl (C=O) groups is 1. The van der Waals surface area contributed by atoms with Gasteiger partial charge in [-0.15, -0.1) is 0 Å². The standard InChI is InChI=1S/C11H13ClN2O3S/c12-10-5-7(13)1-2-9(10)11(15)14-8-3-4-18(16,17)6-8/h1-2,5,8H,3-4,6,13H2,(H,14,15). The van der Waals surface area contributed by atoms with Crippen molar-refractivity contribution in [2.24, 2.45) is 0 Å². The largest absolute Gasteiger partial charge is 0.399 e. The number of nitrogen functional groups attached to an aromatic ring is 1. The van der Waals surface area contributed by atoms with Gasteiger partial charge in [0.2, 0.25) is 0 Å². The van der Waals surface area contributed by atoms with Crippen LogP contribution >= 0.6 is 11.6 Å². The molecule has 1 saturated heterocycles. The molecule has 1 aromatic carbocycles. The van der Waals surface area contributed by atoms with Crippen LogP contribution in [0, 0.1) is 0 Å². The third-order valence-electron chi connectivity index (χ3n) is 2.81. The molecule has 1 unspecified atom stereocenters. The first-order valence-corrected chi connectivity index (χ1v) is 7.64. The first kappa shape index (κ1) is 13.2. The summed E-state index contributed by atoms with van der Waals surface area (Å²) in [6.07, 6.45) is 0.445. The molecule has 7 heteroatoms. The molecule has 0 aromatic heterocycles. The van der Waals surface area contributed by atoms with Crippen LogP contribution in [0.5, 0.6) is 0 Å². The number of amides is 1. The normalized spacial score (nSPS) is 21.7. The van der Waals surface area contributed by atoms with Crippen LogP contribution in [0.25, 0.3) is 0 Å². The van der Waals surface area contributed by atoms with Crippen molar-refractivity contribution in [3.05, 3.63) is 28.8 Å². The predicted octanol–water partition coefficient (Wildman–Crippen LogP) is 0.839. The Morgan fingerprint density at radius 2 is 2.17 bits per heavy atom. The van der Waals surface area contributed by atoms with Gasteiger partial charge in [0.25, 0.3) is 5.91 Å². The van der Waals surface area contributed by atoms with Crippen LogP contribution < -0.4 is 11.1 Å². The van der Waals surface area contributed by atoms with Gasteiger partial charge >= 0.3 is 0 Å². The van der Waals surface area contributed by atoms with Crippen LogP contribution in [-0.4, -0.2) is 31.9 Å². The number of halogens is 1. The maximum absolute atomic E-state index is 11.9. The zero-order valence-electron chi connectivity index (χ0n) is 9.52. The number of anilines is 1. The van der Waals surface area contributed by atoms with E-state index in [1.165, 1.54) is 12.1 Å². The Balaban J connectivity index is 2.09. The zero-order valence-corrected chi connectivity index (χ0v) is 11.1. The summed E-state index contributed by atoms with van der Waals surface area (Å²) >= 11 is 5.91. The van der Waals surface area contributed by atoms with Crippen molar-refractivity contribution in [3.63, 3.8) is 0 Å². The van der Waals surface area contributed by atoms with Crippen molar-refractivity contribution in [2.45, 2.75) is 12.5 Å². The third-order valence-corrected chi connectivity index (χ3v) is 4.89. The topological polar surface area (TPSA) is 89.3 Å². The van der Waals surface area contributed by atoms with E-state index in [2.05, 4.69) is 5.32 Å².